The fourth-order valence-corrected chi connectivity index (χ4v) is 2.36. The van der Waals surface area contributed by atoms with E-state index in [1.54, 1.807) is 13.1 Å². The minimum absolute atomic E-state index is 0.113. The van der Waals surface area contributed by atoms with Gasteiger partial charge in [0.2, 0.25) is 0 Å². The summed E-state index contributed by atoms with van der Waals surface area (Å²) in [5.41, 5.74) is -0.484. The lowest BCUT2D eigenvalue weighted by atomic mass is 9.75. The minimum atomic E-state index is -1.05. The molecule has 5 nitrogen and oxygen atoms in total. The maximum absolute atomic E-state index is 13.7. The number of methoxy groups -OCH3 is 1. The average molecular weight is 269 g/mol. The van der Waals surface area contributed by atoms with Crippen molar-refractivity contribution in [1.82, 2.24) is 5.32 Å². The number of benzene rings is 1. The van der Waals surface area contributed by atoms with Crippen LogP contribution in [0.1, 0.15) is 11.6 Å². The number of carboxylic acids is 1. The van der Waals surface area contributed by atoms with Gasteiger partial charge in [0.25, 0.3) is 0 Å². The molecule has 1 unspecified atom stereocenters. The molecule has 104 valence electrons. The molecule has 1 atom stereocenters. The van der Waals surface area contributed by atoms with Crippen molar-refractivity contribution in [3.05, 3.63) is 29.6 Å². The Bertz CT molecular complexity index is 488. The summed E-state index contributed by atoms with van der Waals surface area (Å²) in [6, 6.07) is 3.93. The first-order valence-corrected chi connectivity index (χ1v) is 5.87. The van der Waals surface area contributed by atoms with Crippen LogP contribution in [-0.4, -0.2) is 38.4 Å². The van der Waals surface area contributed by atoms with Crippen molar-refractivity contribution in [2.75, 3.05) is 27.4 Å². The Morgan fingerprint density at radius 1 is 1.58 bits per heavy atom. The van der Waals surface area contributed by atoms with Gasteiger partial charge in [-0.2, -0.15) is 0 Å². The number of aliphatic carboxylic acids is 1. The third-order valence-electron chi connectivity index (χ3n) is 3.50. The van der Waals surface area contributed by atoms with Gasteiger partial charge in [0.15, 0.2) is 11.6 Å². The quantitative estimate of drug-likeness (QED) is 0.840. The van der Waals surface area contributed by atoms with E-state index < -0.39 is 23.2 Å². The van der Waals surface area contributed by atoms with Gasteiger partial charge in [-0.3, -0.25) is 4.79 Å². The molecule has 2 rings (SSSR count). The predicted octanol–water partition coefficient (Wildman–Crippen LogP) is 1.20. The molecule has 1 aliphatic rings. The zero-order valence-electron chi connectivity index (χ0n) is 10.8. The average Bonchev–Trinajstić information content (AvgIpc) is 2.32. The van der Waals surface area contributed by atoms with Crippen LogP contribution in [-0.2, 0) is 9.53 Å². The van der Waals surface area contributed by atoms with E-state index in [-0.39, 0.29) is 19.0 Å². The number of halogens is 1. The monoisotopic (exact) mass is 269 g/mol. The van der Waals surface area contributed by atoms with Gasteiger partial charge in [0.1, 0.15) is 5.41 Å². The molecule has 0 aromatic heterocycles. The number of carbonyl (C=O) groups is 1. The first kappa shape index (κ1) is 13.8. The highest BCUT2D eigenvalue weighted by Crippen LogP contribution is 2.41. The smallest absolute Gasteiger partial charge is 0.316 e. The summed E-state index contributed by atoms with van der Waals surface area (Å²) in [5.74, 6) is -1.33. The number of rotatable bonds is 5. The van der Waals surface area contributed by atoms with Crippen LogP contribution in [0.3, 0.4) is 0 Å². The summed E-state index contributed by atoms with van der Waals surface area (Å²) in [7, 11) is 3.03. The van der Waals surface area contributed by atoms with Gasteiger partial charge in [-0.25, -0.2) is 4.39 Å². The molecule has 0 spiro atoms. The van der Waals surface area contributed by atoms with Crippen molar-refractivity contribution in [3.8, 4) is 5.75 Å². The van der Waals surface area contributed by atoms with Crippen LogP contribution < -0.4 is 10.1 Å². The van der Waals surface area contributed by atoms with Gasteiger partial charge < -0.3 is 19.9 Å². The van der Waals surface area contributed by atoms with Crippen LogP contribution in [0.5, 0.6) is 5.75 Å². The van der Waals surface area contributed by atoms with Gasteiger partial charge in [-0.05, 0) is 24.7 Å². The molecule has 0 aliphatic carbocycles. The molecule has 1 aromatic carbocycles. The van der Waals surface area contributed by atoms with E-state index in [0.29, 0.717) is 5.56 Å². The van der Waals surface area contributed by atoms with E-state index in [0.717, 1.165) is 0 Å². The topological polar surface area (TPSA) is 67.8 Å². The number of carboxylic acid groups (broad SMARTS) is 1. The highest BCUT2D eigenvalue weighted by atomic mass is 19.1. The van der Waals surface area contributed by atoms with Gasteiger partial charge in [0, 0.05) is 0 Å². The van der Waals surface area contributed by atoms with Crippen molar-refractivity contribution in [1.29, 1.82) is 0 Å². The second-order valence-electron chi connectivity index (χ2n) is 4.57. The Kier molecular flexibility index (Phi) is 3.73. The van der Waals surface area contributed by atoms with Gasteiger partial charge in [-0.15, -0.1) is 0 Å². The molecule has 0 radical (unpaired) electrons. The molecule has 1 aromatic rings. The normalized spacial score (nSPS) is 18.5. The van der Waals surface area contributed by atoms with Crippen LogP contribution in [0.2, 0.25) is 0 Å². The van der Waals surface area contributed by atoms with E-state index in [4.69, 9.17) is 9.47 Å². The lowest BCUT2D eigenvalue weighted by Crippen LogP contribution is -2.56. The number of nitrogens with one attached hydrogen (secondary N) is 1. The van der Waals surface area contributed by atoms with Gasteiger partial charge >= 0.3 is 5.97 Å². The second kappa shape index (κ2) is 5.14. The molecule has 0 amide bonds. The Hall–Kier alpha value is -1.66. The van der Waals surface area contributed by atoms with Crippen molar-refractivity contribution >= 4 is 5.97 Å². The summed E-state index contributed by atoms with van der Waals surface area (Å²) in [5, 5.41) is 12.3. The van der Waals surface area contributed by atoms with Crippen LogP contribution >= 0.6 is 0 Å². The molecule has 1 fully saturated rings. The highest BCUT2D eigenvalue weighted by Gasteiger charge is 2.52. The largest absolute Gasteiger partial charge is 0.494 e. The van der Waals surface area contributed by atoms with Gasteiger partial charge in [-0.1, -0.05) is 6.07 Å². The van der Waals surface area contributed by atoms with Crippen molar-refractivity contribution in [2.24, 2.45) is 5.41 Å². The molecule has 1 saturated heterocycles. The number of hydrogen-bond donors (Lipinski definition) is 2. The zero-order chi connectivity index (χ0) is 14.0. The molecule has 6 heteroatoms. The van der Waals surface area contributed by atoms with Crippen molar-refractivity contribution in [2.45, 2.75) is 6.04 Å². The van der Waals surface area contributed by atoms with Crippen LogP contribution in [0, 0.1) is 11.2 Å². The summed E-state index contributed by atoms with van der Waals surface area (Å²) < 4.78 is 23.6. The fraction of sp³-hybridized carbons (Fsp3) is 0.462. The zero-order valence-corrected chi connectivity index (χ0v) is 10.8. The molecule has 1 aliphatic heterocycles. The Morgan fingerprint density at radius 2 is 2.26 bits per heavy atom. The molecular formula is C13H16FNO4. The maximum atomic E-state index is 13.7. The van der Waals surface area contributed by atoms with E-state index in [2.05, 4.69) is 5.32 Å². The molecule has 0 saturated carbocycles. The van der Waals surface area contributed by atoms with Crippen molar-refractivity contribution in [3.63, 3.8) is 0 Å². The first-order valence-electron chi connectivity index (χ1n) is 5.87. The number of ether oxygens (including phenoxy) is 2. The second-order valence-corrected chi connectivity index (χ2v) is 4.57. The summed E-state index contributed by atoms with van der Waals surface area (Å²) in [6.07, 6.45) is 0. The molecule has 2 N–H and O–H groups in total. The van der Waals surface area contributed by atoms with E-state index >= 15 is 0 Å². The third kappa shape index (κ3) is 2.17. The lowest BCUT2D eigenvalue weighted by Gasteiger charge is -2.43. The predicted molar refractivity (Wildman–Crippen MR) is 65.6 cm³/mol. The molecular weight excluding hydrogens is 253 g/mol. The summed E-state index contributed by atoms with van der Waals surface area (Å²) >= 11 is 0. The Morgan fingerprint density at radius 3 is 2.63 bits per heavy atom. The molecule has 1 heterocycles. The van der Waals surface area contributed by atoms with Crippen molar-refractivity contribution < 1.29 is 23.8 Å². The van der Waals surface area contributed by atoms with Crippen LogP contribution in [0.4, 0.5) is 4.39 Å². The SMILES string of the molecule is CNC(c1ccc(OC)c(F)c1)C1(C(=O)O)COC1. The van der Waals surface area contributed by atoms with Crippen LogP contribution in [0.15, 0.2) is 18.2 Å². The van der Waals surface area contributed by atoms with E-state index in [1.807, 2.05) is 0 Å². The maximum Gasteiger partial charge on any atom is 0.316 e. The standard InChI is InChI=1S/C13H16FNO4/c1-15-11(13(12(16)17)6-19-7-13)8-3-4-10(18-2)9(14)5-8/h3-5,11,15H,6-7H2,1-2H3,(H,16,17). The third-order valence-corrected chi connectivity index (χ3v) is 3.50. The minimum Gasteiger partial charge on any atom is -0.494 e. The molecule has 0 bridgehead atoms. The number of hydrogen-bond acceptors (Lipinski definition) is 4. The first-order chi connectivity index (χ1) is 9.05. The highest BCUT2D eigenvalue weighted by molar-refractivity contribution is 5.77. The van der Waals surface area contributed by atoms with E-state index in [9.17, 15) is 14.3 Å². The Balaban J connectivity index is 2.37. The fourth-order valence-electron chi connectivity index (χ4n) is 2.36. The molecule has 19 heavy (non-hydrogen) atoms. The Labute approximate surface area is 110 Å². The van der Waals surface area contributed by atoms with Gasteiger partial charge in [0.05, 0.1) is 26.4 Å². The van der Waals surface area contributed by atoms with Crippen LogP contribution in [0.25, 0.3) is 0 Å². The summed E-state index contributed by atoms with van der Waals surface area (Å²) in [6.45, 7) is 0.225. The van der Waals surface area contributed by atoms with E-state index in [1.165, 1.54) is 19.2 Å². The summed E-state index contributed by atoms with van der Waals surface area (Å²) in [4.78, 5) is 11.4. The lowest BCUT2D eigenvalue weighted by molar-refractivity contribution is -0.186.